The molecule has 198 valence electrons. The lowest BCUT2D eigenvalue weighted by atomic mass is 9.59. The van der Waals surface area contributed by atoms with Crippen molar-refractivity contribution in [1.82, 2.24) is 0 Å². The summed E-state index contributed by atoms with van der Waals surface area (Å²) in [6, 6.07) is 0. The molecule has 0 saturated heterocycles. The lowest BCUT2D eigenvalue weighted by Crippen LogP contribution is -2.66. The molecule has 1 spiro atoms. The molecule has 0 aromatic heterocycles. The Hall–Kier alpha value is -2.02. The van der Waals surface area contributed by atoms with Crippen LogP contribution < -0.4 is 0 Å². The molecule has 2 saturated carbocycles. The van der Waals surface area contributed by atoms with Gasteiger partial charge in [0.25, 0.3) is 0 Å². The second-order valence-electron chi connectivity index (χ2n) is 12.0. The van der Waals surface area contributed by atoms with E-state index < -0.39 is 41.7 Å². The van der Waals surface area contributed by atoms with Gasteiger partial charge in [0.1, 0.15) is 6.10 Å². The summed E-state index contributed by atoms with van der Waals surface area (Å²) >= 11 is 0. The number of carbonyl (C=O) groups is 2. The molecule has 3 N–H and O–H groups in total. The smallest absolute Gasteiger partial charge is 0.331 e. The molecule has 0 radical (unpaired) electrons. The molecular formula is C30H42O6. The number of fused-ring (bicyclic) bond motifs is 3. The van der Waals surface area contributed by atoms with Crippen molar-refractivity contribution in [2.24, 2.45) is 34.5 Å². The van der Waals surface area contributed by atoms with Gasteiger partial charge >= 0.3 is 5.97 Å². The first-order chi connectivity index (χ1) is 17.0. The Balaban J connectivity index is 1.71. The van der Waals surface area contributed by atoms with E-state index in [9.17, 15) is 24.9 Å². The van der Waals surface area contributed by atoms with Crippen LogP contribution in [0.4, 0.5) is 0 Å². The van der Waals surface area contributed by atoms with Crippen LogP contribution in [0.5, 0.6) is 0 Å². The van der Waals surface area contributed by atoms with E-state index in [0.717, 1.165) is 32.1 Å². The molecule has 6 heteroatoms. The van der Waals surface area contributed by atoms with Crippen LogP contribution in [0.2, 0.25) is 0 Å². The zero-order chi connectivity index (χ0) is 26.5. The first-order valence-electron chi connectivity index (χ1n) is 13.5. The molecular weight excluding hydrogens is 456 g/mol. The number of allylic oxidation sites excluding steroid dienone is 4. The Morgan fingerprint density at radius 2 is 1.97 bits per heavy atom. The highest BCUT2D eigenvalue weighted by molar-refractivity contribution is 5.95. The van der Waals surface area contributed by atoms with Crippen molar-refractivity contribution in [3.63, 3.8) is 0 Å². The third kappa shape index (κ3) is 3.88. The zero-order valence-corrected chi connectivity index (χ0v) is 22.2. The quantitative estimate of drug-likeness (QED) is 0.153. The average Bonchev–Trinajstić information content (AvgIpc) is 3.34. The first kappa shape index (κ1) is 27.0. The highest BCUT2D eigenvalue weighted by Crippen LogP contribution is 2.71. The largest absolute Gasteiger partial charge is 0.451 e. The summed E-state index contributed by atoms with van der Waals surface area (Å²) in [7, 11) is 0. The van der Waals surface area contributed by atoms with Crippen molar-refractivity contribution in [2.45, 2.75) is 84.5 Å². The number of aliphatic hydroxyl groups excluding tert-OH is 2. The predicted octanol–water partition coefficient (Wildman–Crippen LogP) is 4.06. The molecule has 4 rings (SSSR count). The van der Waals surface area contributed by atoms with E-state index in [4.69, 9.17) is 4.74 Å². The summed E-state index contributed by atoms with van der Waals surface area (Å²) in [6.45, 7) is 9.62. The summed E-state index contributed by atoms with van der Waals surface area (Å²) in [5.74, 6) is -1.27. The van der Waals surface area contributed by atoms with E-state index in [-0.39, 0.29) is 28.6 Å². The number of esters is 1. The molecule has 2 fully saturated rings. The van der Waals surface area contributed by atoms with Gasteiger partial charge in [-0.3, -0.25) is 4.79 Å². The summed E-state index contributed by atoms with van der Waals surface area (Å²) in [4.78, 5) is 27.2. The summed E-state index contributed by atoms with van der Waals surface area (Å²) < 4.78 is 5.81. The minimum absolute atomic E-state index is 0.0376. The van der Waals surface area contributed by atoms with Crippen LogP contribution in [0.3, 0.4) is 0 Å². The number of rotatable bonds is 8. The number of hydrogen-bond donors (Lipinski definition) is 3. The van der Waals surface area contributed by atoms with Crippen molar-refractivity contribution in [1.29, 1.82) is 0 Å². The maximum Gasteiger partial charge on any atom is 0.331 e. The molecule has 2 bridgehead atoms. The fraction of sp³-hybridized carbons (Fsp3) is 0.667. The zero-order valence-electron chi connectivity index (χ0n) is 22.2. The molecule has 6 nitrogen and oxygen atoms in total. The van der Waals surface area contributed by atoms with Gasteiger partial charge in [-0.2, -0.15) is 0 Å². The average molecular weight is 499 g/mol. The van der Waals surface area contributed by atoms with Crippen LogP contribution in [0.25, 0.3) is 0 Å². The minimum atomic E-state index is -2.10. The van der Waals surface area contributed by atoms with Crippen LogP contribution in [-0.2, 0) is 14.3 Å². The van der Waals surface area contributed by atoms with Crippen molar-refractivity contribution in [3.05, 3.63) is 47.6 Å². The molecule has 4 aliphatic rings. The van der Waals surface area contributed by atoms with Gasteiger partial charge in [0.2, 0.25) is 0 Å². The summed E-state index contributed by atoms with van der Waals surface area (Å²) in [5.41, 5.74) is -2.79. The Bertz CT molecular complexity index is 1020. The normalized spacial score (nSPS) is 40.8. The van der Waals surface area contributed by atoms with Crippen LogP contribution in [-0.4, -0.2) is 51.5 Å². The summed E-state index contributed by atoms with van der Waals surface area (Å²) in [5, 5.41) is 34.0. The SMILES string of the molecule is CCCCC/C=C\C=C\C(=O)O[C@@H]1C(CO)=C[C@H]2C(=O)[C@]3(C=C(C)[C@H](O)[C@@]13O)[C@H](C)C[C@@H]1[C@H]2C1(C)C. The molecule has 36 heavy (non-hydrogen) atoms. The molecule has 0 aliphatic heterocycles. The topological polar surface area (TPSA) is 104 Å². The van der Waals surface area contributed by atoms with E-state index in [1.807, 2.05) is 13.0 Å². The van der Waals surface area contributed by atoms with Gasteiger partial charge in [-0.25, -0.2) is 4.79 Å². The maximum absolute atomic E-state index is 14.3. The molecule has 0 unspecified atom stereocenters. The lowest BCUT2D eigenvalue weighted by molar-refractivity contribution is -0.202. The highest BCUT2D eigenvalue weighted by atomic mass is 16.6. The van der Waals surface area contributed by atoms with E-state index in [1.165, 1.54) is 6.08 Å². The fourth-order valence-corrected chi connectivity index (χ4v) is 7.55. The Labute approximate surface area is 214 Å². The van der Waals surface area contributed by atoms with Gasteiger partial charge in [-0.1, -0.05) is 70.9 Å². The minimum Gasteiger partial charge on any atom is -0.451 e. The van der Waals surface area contributed by atoms with Gasteiger partial charge in [0.15, 0.2) is 17.5 Å². The van der Waals surface area contributed by atoms with Crippen LogP contribution in [0.15, 0.2) is 47.6 Å². The monoisotopic (exact) mass is 498 g/mol. The third-order valence-electron chi connectivity index (χ3n) is 9.59. The second-order valence-corrected chi connectivity index (χ2v) is 12.0. The number of Topliss-reactive ketones (excluding diaryl/α,β-unsaturated/α-hetero) is 1. The Morgan fingerprint density at radius 1 is 1.25 bits per heavy atom. The third-order valence-corrected chi connectivity index (χ3v) is 9.59. The van der Waals surface area contributed by atoms with Crippen LogP contribution >= 0.6 is 0 Å². The van der Waals surface area contributed by atoms with E-state index in [0.29, 0.717) is 11.5 Å². The standard InChI is InChI=1S/C30H42O6/c1-6-7-8-9-10-11-12-13-23(32)36-27-20(17-31)15-21-24-22(28(24,4)5)14-19(3)29(26(21)34)16-18(2)25(33)30(27,29)35/h10-13,15-16,19,21-22,24-25,27,31,33,35H,6-9,14,17H2,1-5H3/b11-10-,13-12+/t19-,21-,22-,24+,25+,27-,29+,30-/m1/s1. The van der Waals surface area contributed by atoms with Crippen molar-refractivity contribution in [2.75, 3.05) is 6.61 Å². The molecule has 0 aromatic carbocycles. The van der Waals surface area contributed by atoms with Gasteiger partial charge in [0, 0.05) is 12.0 Å². The summed E-state index contributed by atoms with van der Waals surface area (Å²) in [6.07, 6.45) is 12.4. The molecule has 4 aliphatic carbocycles. The number of carbonyl (C=O) groups excluding carboxylic acids is 2. The predicted molar refractivity (Wildman–Crippen MR) is 138 cm³/mol. The number of hydrogen-bond acceptors (Lipinski definition) is 6. The molecule has 0 aromatic rings. The van der Waals surface area contributed by atoms with Crippen LogP contribution in [0.1, 0.15) is 66.7 Å². The second kappa shape index (κ2) is 9.70. The Kier molecular flexibility index (Phi) is 7.28. The van der Waals surface area contributed by atoms with E-state index >= 15 is 0 Å². The molecule has 0 heterocycles. The van der Waals surface area contributed by atoms with Gasteiger partial charge in [-0.05, 0) is 60.5 Å². The van der Waals surface area contributed by atoms with Gasteiger partial charge < -0.3 is 20.1 Å². The molecule has 8 atom stereocenters. The van der Waals surface area contributed by atoms with Crippen molar-refractivity contribution in [3.8, 4) is 0 Å². The fourth-order valence-electron chi connectivity index (χ4n) is 7.55. The van der Waals surface area contributed by atoms with Crippen molar-refractivity contribution >= 4 is 11.8 Å². The number of unbranched alkanes of at least 4 members (excludes halogenated alkanes) is 3. The van der Waals surface area contributed by atoms with Gasteiger partial charge in [-0.15, -0.1) is 0 Å². The van der Waals surface area contributed by atoms with Crippen LogP contribution in [0, 0.1) is 34.5 Å². The van der Waals surface area contributed by atoms with E-state index in [1.54, 1.807) is 31.2 Å². The van der Waals surface area contributed by atoms with E-state index in [2.05, 4.69) is 20.8 Å². The lowest BCUT2D eigenvalue weighted by Gasteiger charge is -2.49. The maximum atomic E-state index is 14.3. The van der Waals surface area contributed by atoms with Crippen molar-refractivity contribution < 1.29 is 29.6 Å². The number of ether oxygens (including phenoxy) is 1. The molecule has 0 amide bonds. The highest BCUT2D eigenvalue weighted by Gasteiger charge is 2.76. The van der Waals surface area contributed by atoms with Gasteiger partial charge in [0.05, 0.1) is 12.0 Å². The number of ketones is 1. The first-order valence-corrected chi connectivity index (χ1v) is 13.5. The number of aliphatic hydroxyl groups is 3. The Morgan fingerprint density at radius 3 is 2.64 bits per heavy atom.